The number of para-hydroxylation sites is 1. The SMILES string of the molecule is CNC(C)c1ccccc1NC(=O)C1CCCC1C. The highest BCUT2D eigenvalue weighted by atomic mass is 16.1. The maximum Gasteiger partial charge on any atom is 0.227 e. The molecule has 104 valence electrons. The van der Waals surface area contributed by atoms with Crippen molar-refractivity contribution >= 4 is 11.6 Å². The van der Waals surface area contributed by atoms with E-state index in [1.165, 1.54) is 12.8 Å². The lowest BCUT2D eigenvalue weighted by Gasteiger charge is -2.19. The number of benzene rings is 1. The fraction of sp³-hybridized carbons (Fsp3) is 0.562. The van der Waals surface area contributed by atoms with E-state index in [1.807, 2.05) is 25.2 Å². The Bertz CT molecular complexity index is 444. The molecule has 1 aromatic rings. The normalized spacial score (nSPS) is 24.2. The minimum Gasteiger partial charge on any atom is -0.326 e. The van der Waals surface area contributed by atoms with Crippen molar-refractivity contribution in [2.75, 3.05) is 12.4 Å². The molecule has 1 saturated carbocycles. The highest BCUT2D eigenvalue weighted by Gasteiger charge is 2.30. The number of rotatable bonds is 4. The Morgan fingerprint density at radius 1 is 1.32 bits per heavy atom. The number of hydrogen-bond acceptors (Lipinski definition) is 2. The highest BCUT2D eigenvalue weighted by molar-refractivity contribution is 5.93. The van der Waals surface area contributed by atoms with E-state index in [2.05, 4.69) is 30.5 Å². The van der Waals surface area contributed by atoms with E-state index in [4.69, 9.17) is 0 Å². The van der Waals surface area contributed by atoms with Gasteiger partial charge in [-0.3, -0.25) is 4.79 Å². The smallest absolute Gasteiger partial charge is 0.227 e. The van der Waals surface area contributed by atoms with Gasteiger partial charge in [-0.2, -0.15) is 0 Å². The van der Waals surface area contributed by atoms with Crippen LogP contribution in [-0.4, -0.2) is 13.0 Å². The predicted molar refractivity (Wildman–Crippen MR) is 79.1 cm³/mol. The molecule has 0 aliphatic heterocycles. The van der Waals surface area contributed by atoms with Crippen molar-refractivity contribution in [2.24, 2.45) is 11.8 Å². The first-order chi connectivity index (χ1) is 9.13. The average Bonchev–Trinajstić information content (AvgIpc) is 2.85. The lowest BCUT2D eigenvalue weighted by atomic mass is 9.96. The molecule has 0 bridgehead atoms. The summed E-state index contributed by atoms with van der Waals surface area (Å²) < 4.78 is 0. The third kappa shape index (κ3) is 3.16. The summed E-state index contributed by atoms with van der Waals surface area (Å²) in [6.45, 7) is 4.28. The van der Waals surface area contributed by atoms with Gasteiger partial charge < -0.3 is 10.6 Å². The van der Waals surface area contributed by atoms with Crippen molar-refractivity contribution in [1.29, 1.82) is 0 Å². The van der Waals surface area contributed by atoms with Crippen molar-refractivity contribution in [1.82, 2.24) is 5.32 Å². The molecular weight excluding hydrogens is 236 g/mol. The van der Waals surface area contributed by atoms with E-state index in [-0.39, 0.29) is 17.9 Å². The maximum atomic E-state index is 12.4. The molecule has 0 heterocycles. The molecule has 3 heteroatoms. The van der Waals surface area contributed by atoms with Gasteiger partial charge in [0, 0.05) is 17.6 Å². The molecule has 0 aromatic heterocycles. The first-order valence-corrected chi connectivity index (χ1v) is 7.20. The van der Waals surface area contributed by atoms with Crippen molar-refractivity contribution < 1.29 is 4.79 Å². The lowest BCUT2D eigenvalue weighted by Crippen LogP contribution is -2.26. The van der Waals surface area contributed by atoms with Crippen LogP contribution in [0.15, 0.2) is 24.3 Å². The molecule has 0 radical (unpaired) electrons. The van der Waals surface area contributed by atoms with Gasteiger partial charge in [0.05, 0.1) is 0 Å². The third-order valence-electron chi connectivity index (χ3n) is 4.32. The van der Waals surface area contributed by atoms with Crippen LogP contribution in [0.1, 0.15) is 44.7 Å². The molecule has 1 fully saturated rings. The van der Waals surface area contributed by atoms with Gasteiger partial charge >= 0.3 is 0 Å². The third-order valence-corrected chi connectivity index (χ3v) is 4.32. The van der Waals surface area contributed by atoms with Crippen LogP contribution in [0.4, 0.5) is 5.69 Å². The number of carbonyl (C=O) groups is 1. The molecule has 1 aliphatic carbocycles. The largest absolute Gasteiger partial charge is 0.326 e. The molecule has 3 atom stereocenters. The summed E-state index contributed by atoms with van der Waals surface area (Å²) in [6, 6.07) is 8.27. The molecule has 2 rings (SSSR count). The highest BCUT2D eigenvalue weighted by Crippen LogP contribution is 2.32. The Kier molecular flexibility index (Phi) is 4.59. The Morgan fingerprint density at radius 3 is 2.68 bits per heavy atom. The second-order valence-electron chi connectivity index (χ2n) is 5.60. The number of carbonyl (C=O) groups excluding carboxylic acids is 1. The van der Waals surface area contributed by atoms with E-state index in [0.29, 0.717) is 5.92 Å². The Morgan fingerprint density at radius 2 is 2.05 bits per heavy atom. The summed E-state index contributed by atoms with van der Waals surface area (Å²) in [4.78, 5) is 12.4. The van der Waals surface area contributed by atoms with Crippen LogP contribution in [-0.2, 0) is 4.79 Å². The van der Waals surface area contributed by atoms with Crippen molar-refractivity contribution in [3.8, 4) is 0 Å². The van der Waals surface area contributed by atoms with Gasteiger partial charge in [0.2, 0.25) is 5.91 Å². The number of amides is 1. The summed E-state index contributed by atoms with van der Waals surface area (Å²) in [7, 11) is 1.93. The van der Waals surface area contributed by atoms with Gasteiger partial charge in [-0.15, -0.1) is 0 Å². The number of anilines is 1. The van der Waals surface area contributed by atoms with Crippen LogP contribution < -0.4 is 10.6 Å². The number of hydrogen-bond donors (Lipinski definition) is 2. The monoisotopic (exact) mass is 260 g/mol. The Labute approximate surface area is 115 Å². The van der Waals surface area contributed by atoms with Gasteiger partial charge in [0.25, 0.3) is 0 Å². The fourth-order valence-corrected chi connectivity index (χ4v) is 2.90. The van der Waals surface area contributed by atoms with Crippen LogP contribution in [0.5, 0.6) is 0 Å². The van der Waals surface area contributed by atoms with Crippen LogP contribution in [0.2, 0.25) is 0 Å². The summed E-state index contributed by atoms with van der Waals surface area (Å²) in [6.07, 6.45) is 3.37. The molecule has 3 unspecified atom stereocenters. The molecule has 2 N–H and O–H groups in total. The quantitative estimate of drug-likeness (QED) is 0.871. The first kappa shape index (κ1) is 14.1. The van der Waals surface area contributed by atoms with Gasteiger partial charge in [-0.1, -0.05) is 31.5 Å². The van der Waals surface area contributed by atoms with Gasteiger partial charge in [0.15, 0.2) is 0 Å². The summed E-state index contributed by atoms with van der Waals surface area (Å²) >= 11 is 0. The zero-order valence-electron chi connectivity index (χ0n) is 12.1. The number of nitrogens with one attached hydrogen (secondary N) is 2. The average molecular weight is 260 g/mol. The fourth-order valence-electron chi connectivity index (χ4n) is 2.90. The Balaban J connectivity index is 2.12. The lowest BCUT2D eigenvalue weighted by molar-refractivity contribution is -0.120. The van der Waals surface area contributed by atoms with E-state index in [0.717, 1.165) is 17.7 Å². The maximum absolute atomic E-state index is 12.4. The zero-order chi connectivity index (χ0) is 13.8. The molecule has 19 heavy (non-hydrogen) atoms. The van der Waals surface area contributed by atoms with Gasteiger partial charge in [0.1, 0.15) is 0 Å². The molecule has 1 aliphatic rings. The van der Waals surface area contributed by atoms with Crippen molar-refractivity contribution in [3.05, 3.63) is 29.8 Å². The molecule has 3 nitrogen and oxygen atoms in total. The first-order valence-electron chi connectivity index (χ1n) is 7.20. The Hall–Kier alpha value is -1.35. The molecule has 0 saturated heterocycles. The van der Waals surface area contributed by atoms with E-state index in [9.17, 15) is 4.79 Å². The van der Waals surface area contributed by atoms with Crippen LogP contribution >= 0.6 is 0 Å². The summed E-state index contributed by atoms with van der Waals surface area (Å²) in [5, 5.41) is 6.34. The van der Waals surface area contributed by atoms with Gasteiger partial charge in [-0.25, -0.2) is 0 Å². The minimum atomic E-state index is 0.179. The van der Waals surface area contributed by atoms with Crippen LogP contribution in [0.3, 0.4) is 0 Å². The second-order valence-corrected chi connectivity index (χ2v) is 5.60. The molecule has 1 amide bonds. The van der Waals surface area contributed by atoms with E-state index in [1.54, 1.807) is 0 Å². The zero-order valence-corrected chi connectivity index (χ0v) is 12.1. The molecular formula is C16H24N2O. The van der Waals surface area contributed by atoms with Crippen molar-refractivity contribution in [3.63, 3.8) is 0 Å². The van der Waals surface area contributed by atoms with E-state index < -0.39 is 0 Å². The van der Waals surface area contributed by atoms with Gasteiger partial charge in [-0.05, 0) is 44.4 Å². The summed E-state index contributed by atoms with van der Waals surface area (Å²) in [5.74, 6) is 0.868. The van der Waals surface area contributed by atoms with Crippen LogP contribution in [0, 0.1) is 11.8 Å². The van der Waals surface area contributed by atoms with Crippen molar-refractivity contribution in [2.45, 2.75) is 39.2 Å². The van der Waals surface area contributed by atoms with Crippen LogP contribution in [0.25, 0.3) is 0 Å². The standard InChI is InChI=1S/C16H24N2O/c1-11-7-6-9-13(11)16(19)18-15-10-5-4-8-14(15)12(2)17-3/h4-5,8,10-13,17H,6-7,9H2,1-3H3,(H,18,19). The molecule has 1 aromatic carbocycles. The predicted octanol–water partition coefficient (Wildman–Crippen LogP) is 3.34. The van der Waals surface area contributed by atoms with E-state index >= 15 is 0 Å². The topological polar surface area (TPSA) is 41.1 Å². The second kappa shape index (κ2) is 6.20. The molecule has 0 spiro atoms. The minimum absolute atomic E-state index is 0.179. The summed E-state index contributed by atoms with van der Waals surface area (Å²) in [5.41, 5.74) is 2.08.